The summed E-state index contributed by atoms with van der Waals surface area (Å²) in [6.07, 6.45) is 0.356. The van der Waals surface area contributed by atoms with Crippen molar-refractivity contribution in [1.29, 1.82) is 0 Å². The van der Waals surface area contributed by atoms with Crippen molar-refractivity contribution in [1.82, 2.24) is 15.5 Å². The zero-order valence-electron chi connectivity index (χ0n) is 17.1. The molecular weight excluding hydrogens is 453 g/mol. The van der Waals surface area contributed by atoms with Crippen LogP contribution in [-0.4, -0.2) is 34.6 Å². The molecular formula is C23H17ClFN3O5. The Morgan fingerprint density at radius 3 is 2.82 bits per heavy atom. The van der Waals surface area contributed by atoms with Crippen LogP contribution in [-0.2, 0) is 22.7 Å². The molecule has 0 spiro atoms. The first-order chi connectivity index (χ1) is 15.8. The Morgan fingerprint density at radius 2 is 2.03 bits per heavy atom. The molecule has 33 heavy (non-hydrogen) atoms. The highest BCUT2D eigenvalue weighted by molar-refractivity contribution is 6.31. The first-order valence-corrected chi connectivity index (χ1v) is 10.6. The molecule has 1 atom stereocenters. The zero-order chi connectivity index (χ0) is 23.3. The number of amides is 4. The van der Waals surface area contributed by atoms with Gasteiger partial charge < -0.3 is 14.6 Å². The predicted molar refractivity (Wildman–Crippen MR) is 115 cm³/mol. The van der Waals surface area contributed by atoms with E-state index in [-0.39, 0.29) is 48.7 Å². The molecule has 0 saturated carbocycles. The fourth-order valence-corrected chi connectivity index (χ4v) is 4.35. The van der Waals surface area contributed by atoms with Gasteiger partial charge in [-0.2, -0.15) is 0 Å². The molecule has 168 valence electrons. The Kier molecular flexibility index (Phi) is 5.13. The van der Waals surface area contributed by atoms with Gasteiger partial charge in [0.05, 0.1) is 0 Å². The Labute approximate surface area is 191 Å². The zero-order valence-corrected chi connectivity index (χ0v) is 17.9. The van der Waals surface area contributed by atoms with E-state index in [1.54, 1.807) is 24.3 Å². The van der Waals surface area contributed by atoms with Crippen molar-refractivity contribution >= 4 is 46.2 Å². The van der Waals surface area contributed by atoms with Crippen molar-refractivity contribution in [2.75, 3.05) is 0 Å². The average molecular weight is 470 g/mol. The molecule has 2 aromatic carbocycles. The molecule has 1 fully saturated rings. The van der Waals surface area contributed by atoms with Crippen LogP contribution in [0.25, 0.3) is 11.0 Å². The van der Waals surface area contributed by atoms with Crippen molar-refractivity contribution in [3.8, 4) is 0 Å². The largest absolute Gasteiger partial charge is 0.451 e. The Hall–Kier alpha value is -3.72. The standard InChI is InChI=1S/C23H17ClFN3O5/c24-14-1-3-18-11(6-14)7-19(33-18)22(31)26-9-12-5-13-10-28(23(32)15(13)8-16(12)25)17-2-4-20(29)27-21(17)30/h1,3,5-8,17H,2,4,9-10H2,(H,26,31)(H,27,29,30). The first kappa shape index (κ1) is 21.1. The summed E-state index contributed by atoms with van der Waals surface area (Å²) in [6, 6.07) is 8.36. The van der Waals surface area contributed by atoms with Crippen LogP contribution >= 0.6 is 11.6 Å². The monoisotopic (exact) mass is 469 g/mol. The lowest BCUT2D eigenvalue weighted by Crippen LogP contribution is -2.52. The minimum atomic E-state index is -0.782. The van der Waals surface area contributed by atoms with Crippen LogP contribution in [0.5, 0.6) is 0 Å². The van der Waals surface area contributed by atoms with Crippen molar-refractivity contribution in [2.45, 2.75) is 32.0 Å². The SMILES string of the molecule is O=C1CCC(N2Cc3cc(CNC(=O)c4cc5cc(Cl)ccc5o4)c(F)cc3C2=O)C(=O)N1. The van der Waals surface area contributed by atoms with E-state index >= 15 is 0 Å². The molecule has 2 N–H and O–H groups in total. The van der Waals surface area contributed by atoms with Crippen molar-refractivity contribution in [2.24, 2.45) is 0 Å². The molecule has 4 amide bonds. The number of nitrogens with zero attached hydrogens (tertiary/aromatic N) is 1. The number of hydrogen-bond acceptors (Lipinski definition) is 5. The van der Waals surface area contributed by atoms with Crippen LogP contribution in [0, 0.1) is 5.82 Å². The van der Waals surface area contributed by atoms with Crippen LogP contribution in [0.4, 0.5) is 4.39 Å². The summed E-state index contributed by atoms with van der Waals surface area (Å²) < 4.78 is 20.2. The van der Waals surface area contributed by atoms with Crippen molar-refractivity contribution in [3.05, 3.63) is 69.7 Å². The third kappa shape index (κ3) is 3.84. The second kappa shape index (κ2) is 8.00. The van der Waals surface area contributed by atoms with Crippen LogP contribution in [0.2, 0.25) is 5.02 Å². The normalized spacial score (nSPS) is 17.9. The smallest absolute Gasteiger partial charge is 0.287 e. The van der Waals surface area contributed by atoms with Crippen LogP contribution in [0.3, 0.4) is 0 Å². The van der Waals surface area contributed by atoms with Gasteiger partial charge in [-0.3, -0.25) is 24.5 Å². The maximum absolute atomic E-state index is 14.7. The Balaban J connectivity index is 1.31. The Bertz CT molecular complexity index is 1350. The highest BCUT2D eigenvalue weighted by Crippen LogP contribution is 2.29. The fraction of sp³-hybridized carbons (Fsp3) is 0.217. The maximum Gasteiger partial charge on any atom is 0.287 e. The molecule has 5 rings (SSSR count). The number of halogens is 2. The average Bonchev–Trinajstić information content (AvgIpc) is 3.33. The number of rotatable bonds is 4. The number of fused-ring (bicyclic) bond motifs is 2. The molecule has 10 heteroatoms. The third-order valence-corrected chi connectivity index (χ3v) is 6.07. The number of carbonyl (C=O) groups is 4. The topological polar surface area (TPSA) is 109 Å². The van der Waals surface area contributed by atoms with Gasteiger partial charge in [0.25, 0.3) is 11.8 Å². The highest BCUT2D eigenvalue weighted by atomic mass is 35.5. The van der Waals surface area contributed by atoms with E-state index in [0.717, 1.165) is 6.07 Å². The summed E-state index contributed by atoms with van der Waals surface area (Å²) in [5.41, 5.74) is 1.41. The third-order valence-electron chi connectivity index (χ3n) is 5.83. The van der Waals surface area contributed by atoms with E-state index in [0.29, 0.717) is 21.6 Å². The quantitative estimate of drug-likeness (QED) is 0.571. The highest BCUT2D eigenvalue weighted by Gasteiger charge is 2.39. The maximum atomic E-state index is 14.7. The number of benzene rings is 2. The molecule has 1 saturated heterocycles. The molecule has 8 nitrogen and oxygen atoms in total. The summed E-state index contributed by atoms with van der Waals surface area (Å²) in [7, 11) is 0. The number of piperidine rings is 1. The summed E-state index contributed by atoms with van der Waals surface area (Å²) in [6.45, 7) is -0.00560. The van der Waals surface area contributed by atoms with Gasteiger partial charge in [-0.15, -0.1) is 0 Å². The van der Waals surface area contributed by atoms with Crippen molar-refractivity contribution < 1.29 is 28.0 Å². The summed E-state index contributed by atoms with van der Waals surface area (Å²) >= 11 is 5.95. The second-order valence-corrected chi connectivity index (χ2v) is 8.41. The van der Waals surface area contributed by atoms with E-state index in [2.05, 4.69) is 10.6 Å². The minimum Gasteiger partial charge on any atom is -0.451 e. The molecule has 1 unspecified atom stereocenters. The number of nitrogens with one attached hydrogen (secondary N) is 2. The minimum absolute atomic E-state index is 0.0630. The molecule has 1 aromatic heterocycles. The summed E-state index contributed by atoms with van der Waals surface area (Å²) in [5, 5.41) is 6.02. The fourth-order valence-electron chi connectivity index (χ4n) is 4.16. The van der Waals surface area contributed by atoms with Gasteiger partial charge in [-0.25, -0.2) is 4.39 Å². The van der Waals surface area contributed by atoms with Crippen molar-refractivity contribution in [3.63, 3.8) is 0 Å². The van der Waals surface area contributed by atoms with Gasteiger partial charge in [0.15, 0.2) is 5.76 Å². The van der Waals surface area contributed by atoms with Gasteiger partial charge in [0, 0.05) is 41.0 Å². The van der Waals surface area contributed by atoms with E-state index in [9.17, 15) is 23.6 Å². The van der Waals surface area contributed by atoms with Gasteiger partial charge in [-0.1, -0.05) is 11.6 Å². The number of carbonyl (C=O) groups excluding carboxylic acids is 4. The molecule has 0 radical (unpaired) electrons. The molecule has 3 aromatic rings. The van der Waals surface area contributed by atoms with Gasteiger partial charge in [0.1, 0.15) is 17.4 Å². The summed E-state index contributed by atoms with van der Waals surface area (Å²) in [4.78, 5) is 50.1. The van der Waals surface area contributed by atoms with E-state index in [1.807, 2.05) is 0 Å². The van der Waals surface area contributed by atoms with E-state index < -0.39 is 29.6 Å². The van der Waals surface area contributed by atoms with Gasteiger partial charge >= 0.3 is 0 Å². The lowest BCUT2D eigenvalue weighted by molar-refractivity contribution is -0.136. The lowest BCUT2D eigenvalue weighted by Gasteiger charge is -2.29. The van der Waals surface area contributed by atoms with E-state index in [1.165, 1.54) is 11.0 Å². The lowest BCUT2D eigenvalue weighted by atomic mass is 10.0. The number of imide groups is 1. The first-order valence-electron chi connectivity index (χ1n) is 10.2. The molecule has 0 bridgehead atoms. The van der Waals surface area contributed by atoms with Gasteiger partial charge in [0.2, 0.25) is 11.8 Å². The van der Waals surface area contributed by atoms with E-state index in [4.69, 9.17) is 16.0 Å². The van der Waals surface area contributed by atoms with Crippen LogP contribution < -0.4 is 10.6 Å². The predicted octanol–water partition coefficient (Wildman–Crippen LogP) is 2.92. The number of hydrogen-bond donors (Lipinski definition) is 2. The van der Waals surface area contributed by atoms with Crippen LogP contribution in [0.15, 0.2) is 40.8 Å². The summed E-state index contributed by atoms with van der Waals surface area (Å²) in [5.74, 6) is -2.49. The molecule has 0 aliphatic carbocycles. The second-order valence-electron chi connectivity index (χ2n) is 7.98. The number of furan rings is 1. The molecule has 2 aliphatic heterocycles. The Morgan fingerprint density at radius 1 is 1.21 bits per heavy atom. The molecule has 2 aliphatic rings. The van der Waals surface area contributed by atoms with Gasteiger partial charge in [-0.05, 0) is 48.4 Å². The van der Waals surface area contributed by atoms with Crippen LogP contribution in [0.1, 0.15) is 44.9 Å². The molecule has 3 heterocycles.